The molecule has 1 heterocycles. The largest absolute Gasteiger partial charge is 0.463 e. The Morgan fingerprint density at radius 1 is 1.50 bits per heavy atom. The zero-order valence-corrected chi connectivity index (χ0v) is 11.6. The van der Waals surface area contributed by atoms with Gasteiger partial charge in [-0.1, -0.05) is 13.0 Å². The van der Waals surface area contributed by atoms with Crippen molar-refractivity contribution in [3.63, 3.8) is 0 Å². The fourth-order valence-electron chi connectivity index (χ4n) is 1.89. The highest BCUT2D eigenvalue weighted by Gasteiger charge is 2.15. The molecule has 0 amide bonds. The van der Waals surface area contributed by atoms with E-state index in [0.29, 0.717) is 18.8 Å². The number of carbonyl (C=O) groups is 1. The molecule has 18 heavy (non-hydrogen) atoms. The van der Waals surface area contributed by atoms with Gasteiger partial charge in [0.1, 0.15) is 0 Å². The zero-order valence-electron chi connectivity index (χ0n) is 11.6. The minimum Gasteiger partial charge on any atom is -0.463 e. The summed E-state index contributed by atoms with van der Waals surface area (Å²) in [6, 6.07) is 0. The number of rotatable bonds is 6. The Bertz CT molecular complexity index is 280. The van der Waals surface area contributed by atoms with Crippen LogP contribution < -0.4 is 0 Å². The van der Waals surface area contributed by atoms with Crippen LogP contribution in [0.25, 0.3) is 0 Å². The van der Waals surface area contributed by atoms with Crippen molar-refractivity contribution in [3.05, 3.63) is 11.6 Å². The highest BCUT2D eigenvalue weighted by atomic mass is 16.7. The Kier molecular flexibility index (Phi) is 6.98. The van der Waals surface area contributed by atoms with E-state index in [0.717, 1.165) is 25.9 Å². The lowest BCUT2D eigenvalue weighted by Crippen LogP contribution is -2.24. The van der Waals surface area contributed by atoms with Gasteiger partial charge in [-0.05, 0) is 39.0 Å². The van der Waals surface area contributed by atoms with Crippen molar-refractivity contribution >= 4 is 5.97 Å². The normalized spacial score (nSPS) is 22.6. The van der Waals surface area contributed by atoms with Crippen molar-refractivity contribution in [2.45, 2.75) is 46.3 Å². The average molecular weight is 256 g/mol. The quantitative estimate of drug-likeness (QED) is 0.541. The van der Waals surface area contributed by atoms with E-state index in [-0.39, 0.29) is 18.2 Å². The summed E-state index contributed by atoms with van der Waals surface area (Å²) < 4.78 is 16.1. The van der Waals surface area contributed by atoms with E-state index < -0.39 is 0 Å². The smallest absolute Gasteiger partial charge is 0.333 e. The maximum absolute atomic E-state index is 11.4. The first-order valence-corrected chi connectivity index (χ1v) is 6.72. The van der Waals surface area contributed by atoms with Crippen LogP contribution in [-0.2, 0) is 19.0 Å². The topological polar surface area (TPSA) is 44.8 Å². The lowest BCUT2D eigenvalue weighted by atomic mass is 10.1. The standard InChI is InChI=1S/C14H24O4/c1-4-16-14(15)12(3)9-11(2)10-18-13-7-5-6-8-17-13/h9,11,13H,4-8,10H2,1-3H3/b12-9-/t11-,13?/m1/s1. The molecule has 0 aromatic rings. The van der Waals surface area contributed by atoms with Crippen LogP contribution in [0, 0.1) is 5.92 Å². The molecule has 0 radical (unpaired) electrons. The number of ether oxygens (including phenoxy) is 3. The summed E-state index contributed by atoms with van der Waals surface area (Å²) in [4.78, 5) is 11.4. The summed E-state index contributed by atoms with van der Waals surface area (Å²) in [7, 11) is 0. The SMILES string of the molecule is CCOC(=O)/C(C)=C\[C@@H](C)COC1CCCCO1. The van der Waals surface area contributed by atoms with E-state index in [1.807, 2.05) is 13.0 Å². The van der Waals surface area contributed by atoms with Gasteiger partial charge in [0.05, 0.1) is 13.2 Å². The second kappa shape index (κ2) is 8.27. The summed E-state index contributed by atoms with van der Waals surface area (Å²) in [5, 5.41) is 0. The molecule has 0 aromatic heterocycles. The molecular weight excluding hydrogens is 232 g/mol. The molecule has 1 rings (SSSR count). The van der Waals surface area contributed by atoms with Gasteiger partial charge in [0.2, 0.25) is 0 Å². The van der Waals surface area contributed by atoms with Crippen molar-refractivity contribution < 1.29 is 19.0 Å². The molecule has 0 spiro atoms. The van der Waals surface area contributed by atoms with Gasteiger partial charge in [0, 0.05) is 12.2 Å². The van der Waals surface area contributed by atoms with Crippen LogP contribution in [0.15, 0.2) is 11.6 Å². The third kappa shape index (κ3) is 5.65. The molecule has 0 aliphatic carbocycles. The van der Waals surface area contributed by atoms with E-state index in [9.17, 15) is 4.79 Å². The van der Waals surface area contributed by atoms with E-state index in [1.54, 1.807) is 13.8 Å². The molecule has 0 saturated carbocycles. The minimum absolute atomic E-state index is 0.0718. The van der Waals surface area contributed by atoms with Crippen molar-refractivity contribution in [2.24, 2.45) is 5.92 Å². The molecule has 1 aliphatic heterocycles. The predicted molar refractivity (Wildman–Crippen MR) is 69.1 cm³/mol. The molecular formula is C14H24O4. The molecule has 1 fully saturated rings. The third-order valence-electron chi connectivity index (χ3n) is 2.81. The average Bonchev–Trinajstić information content (AvgIpc) is 2.38. The van der Waals surface area contributed by atoms with E-state index in [4.69, 9.17) is 14.2 Å². The van der Waals surface area contributed by atoms with Crippen molar-refractivity contribution in [3.8, 4) is 0 Å². The fourth-order valence-corrected chi connectivity index (χ4v) is 1.89. The van der Waals surface area contributed by atoms with E-state index in [2.05, 4.69) is 0 Å². The van der Waals surface area contributed by atoms with Crippen LogP contribution in [0.2, 0.25) is 0 Å². The summed E-state index contributed by atoms with van der Waals surface area (Å²) in [5.74, 6) is -0.0711. The van der Waals surface area contributed by atoms with Crippen LogP contribution in [0.4, 0.5) is 0 Å². The lowest BCUT2D eigenvalue weighted by molar-refractivity contribution is -0.166. The van der Waals surface area contributed by atoms with E-state index in [1.165, 1.54) is 0 Å². The van der Waals surface area contributed by atoms with Gasteiger partial charge in [0.25, 0.3) is 0 Å². The van der Waals surface area contributed by atoms with Crippen molar-refractivity contribution in [1.82, 2.24) is 0 Å². The highest BCUT2D eigenvalue weighted by molar-refractivity contribution is 5.87. The zero-order chi connectivity index (χ0) is 13.4. The van der Waals surface area contributed by atoms with Crippen LogP contribution in [0.3, 0.4) is 0 Å². The number of esters is 1. The van der Waals surface area contributed by atoms with Gasteiger partial charge in [-0.3, -0.25) is 0 Å². The van der Waals surface area contributed by atoms with Gasteiger partial charge in [-0.15, -0.1) is 0 Å². The Morgan fingerprint density at radius 2 is 2.28 bits per heavy atom. The molecule has 4 nitrogen and oxygen atoms in total. The van der Waals surface area contributed by atoms with Crippen LogP contribution in [0.1, 0.15) is 40.0 Å². The number of hydrogen-bond acceptors (Lipinski definition) is 4. The molecule has 0 aromatic carbocycles. The highest BCUT2D eigenvalue weighted by Crippen LogP contribution is 2.15. The van der Waals surface area contributed by atoms with Gasteiger partial charge >= 0.3 is 5.97 Å². The first-order valence-electron chi connectivity index (χ1n) is 6.72. The Labute approximate surface area is 109 Å². The van der Waals surface area contributed by atoms with Crippen molar-refractivity contribution in [1.29, 1.82) is 0 Å². The molecule has 0 bridgehead atoms. The first-order chi connectivity index (χ1) is 8.63. The molecule has 1 saturated heterocycles. The van der Waals surface area contributed by atoms with E-state index >= 15 is 0 Å². The Balaban J connectivity index is 2.28. The maximum atomic E-state index is 11.4. The van der Waals surface area contributed by atoms with Gasteiger partial charge in [-0.2, -0.15) is 0 Å². The first kappa shape index (κ1) is 15.2. The van der Waals surface area contributed by atoms with Crippen LogP contribution >= 0.6 is 0 Å². The fraction of sp³-hybridized carbons (Fsp3) is 0.786. The minimum atomic E-state index is -0.252. The Hall–Kier alpha value is -0.870. The molecule has 1 aliphatic rings. The molecule has 0 N–H and O–H groups in total. The predicted octanol–water partition coefficient (Wildman–Crippen LogP) is 2.68. The summed E-state index contributed by atoms with van der Waals surface area (Å²) in [6.45, 7) is 7.36. The van der Waals surface area contributed by atoms with Crippen molar-refractivity contribution in [2.75, 3.05) is 19.8 Å². The second-order valence-corrected chi connectivity index (χ2v) is 4.68. The number of carbonyl (C=O) groups excluding carboxylic acids is 1. The summed E-state index contributed by atoms with van der Waals surface area (Å²) in [5.41, 5.74) is 0.637. The van der Waals surface area contributed by atoms with Crippen LogP contribution in [-0.4, -0.2) is 32.1 Å². The van der Waals surface area contributed by atoms with Gasteiger partial charge in [0.15, 0.2) is 6.29 Å². The second-order valence-electron chi connectivity index (χ2n) is 4.68. The molecule has 4 heteroatoms. The summed E-state index contributed by atoms with van der Waals surface area (Å²) >= 11 is 0. The third-order valence-corrected chi connectivity index (χ3v) is 2.81. The maximum Gasteiger partial charge on any atom is 0.333 e. The van der Waals surface area contributed by atoms with Gasteiger partial charge in [-0.25, -0.2) is 4.79 Å². The molecule has 104 valence electrons. The molecule has 1 unspecified atom stereocenters. The number of hydrogen-bond donors (Lipinski definition) is 0. The lowest BCUT2D eigenvalue weighted by Gasteiger charge is -2.23. The monoisotopic (exact) mass is 256 g/mol. The summed E-state index contributed by atoms with van der Waals surface area (Å²) in [6.07, 6.45) is 5.07. The Morgan fingerprint density at radius 3 is 2.89 bits per heavy atom. The van der Waals surface area contributed by atoms with Gasteiger partial charge < -0.3 is 14.2 Å². The van der Waals surface area contributed by atoms with Crippen LogP contribution in [0.5, 0.6) is 0 Å². The molecule has 2 atom stereocenters.